The summed E-state index contributed by atoms with van der Waals surface area (Å²) in [4.78, 5) is 35.2. The number of phosphoric acid groups is 1. The van der Waals surface area contributed by atoms with Gasteiger partial charge in [0.25, 0.3) is 0 Å². The van der Waals surface area contributed by atoms with E-state index < -0.39 is 32.5 Å². The summed E-state index contributed by atoms with van der Waals surface area (Å²) in [5.41, 5.74) is 0. The number of allylic oxidation sites excluding steroid dienone is 5. The van der Waals surface area contributed by atoms with Crippen molar-refractivity contribution in [3.05, 3.63) is 36.5 Å². The van der Waals surface area contributed by atoms with Crippen molar-refractivity contribution in [2.75, 3.05) is 47.5 Å². The molecule has 2 atom stereocenters. The molecule has 1 N–H and O–H groups in total. The minimum Gasteiger partial charge on any atom is -0.462 e. The molecule has 0 aromatic carbocycles. The zero-order valence-electron chi connectivity index (χ0n) is 35.5. The van der Waals surface area contributed by atoms with Gasteiger partial charge >= 0.3 is 19.8 Å². The molecule has 9 nitrogen and oxygen atoms in total. The zero-order chi connectivity index (χ0) is 40.0. The molecule has 0 amide bonds. The van der Waals surface area contributed by atoms with Crippen LogP contribution in [0.1, 0.15) is 181 Å². The molecular weight excluding hydrogens is 701 g/mol. The molecular formula is C44H83NO8P+. The van der Waals surface area contributed by atoms with Crippen LogP contribution in [0.2, 0.25) is 0 Å². The van der Waals surface area contributed by atoms with E-state index in [4.69, 9.17) is 18.5 Å². The van der Waals surface area contributed by atoms with E-state index in [9.17, 15) is 19.0 Å². The summed E-state index contributed by atoms with van der Waals surface area (Å²) in [6.45, 7) is 4.28. The van der Waals surface area contributed by atoms with Gasteiger partial charge in [0.05, 0.1) is 27.7 Å². The van der Waals surface area contributed by atoms with Gasteiger partial charge in [-0.25, -0.2) is 9.36 Å². The number of esters is 2. The minimum absolute atomic E-state index is 0.0139. The molecule has 0 bridgehead atoms. The van der Waals surface area contributed by atoms with Gasteiger partial charge in [-0.2, -0.15) is 0 Å². The molecule has 0 rings (SSSR count). The van der Waals surface area contributed by atoms with Crippen molar-refractivity contribution >= 4 is 19.8 Å². The SMILES string of the molecule is CCCCCCCCCC/C=C/CCCCCC(=O)OC[C@H](COP(=O)(O)OCC[N+](C)(C)C)OC(=O)/C=C/C=C/CCCCCCCCCCCCC. The lowest BCUT2D eigenvalue weighted by Crippen LogP contribution is -2.37. The van der Waals surface area contributed by atoms with E-state index in [0.717, 1.165) is 38.5 Å². The molecule has 0 spiro atoms. The molecule has 0 saturated heterocycles. The molecule has 54 heavy (non-hydrogen) atoms. The highest BCUT2D eigenvalue weighted by atomic mass is 31.2. The Balaban J connectivity index is 4.49. The van der Waals surface area contributed by atoms with Crippen LogP contribution < -0.4 is 0 Å². The summed E-state index contributed by atoms with van der Waals surface area (Å²) in [5.74, 6) is -1.07. The van der Waals surface area contributed by atoms with Crippen molar-refractivity contribution in [1.82, 2.24) is 0 Å². The topological polar surface area (TPSA) is 108 Å². The Morgan fingerprint density at radius 1 is 0.611 bits per heavy atom. The fraction of sp³-hybridized carbons (Fsp3) is 0.818. The van der Waals surface area contributed by atoms with Gasteiger partial charge in [-0.05, 0) is 44.9 Å². The number of unbranched alkanes of at least 4 members (excludes halogenated alkanes) is 22. The molecule has 0 aromatic rings. The number of quaternary nitrogens is 1. The Morgan fingerprint density at radius 3 is 1.57 bits per heavy atom. The normalized spacial score (nSPS) is 14.0. The molecule has 316 valence electrons. The first-order valence-corrected chi connectivity index (χ1v) is 23.3. The maximum Gasteiger partial charge on any atom is 0.472 e. The van der Waals surface area contributed by atoms with Gasteiger partial charge in [0, 0.05) is 12.5 Å². The van der Waals surface area contributed by atoms with Crippen molar-refractivity contribution < 1.29 is 42.1 Å². The first-order valence-electron chi connectivity index (χ1n) is 21.8. The highest BCUT2D eigenvalue weighted by Crippen LogP contribution is 2.43. The van der Waals surface area contributed by atoms with Crippen molar-refractivity contribution in [3.8, 4) is 0 Å². The number of hydrogen-bond donors (Lipinski definition) is 1. The fourth-order valence-corrected chi connectivity index (χ4v) is 6.54. The molecule has 10 heteroatoms. The van der Waals surface area contributed by atoms with Gasteiger partial charge in [-0.1, -0.05) is 160 Å². The Bertz CT molecular complexity index is 1020. The third kappa shape index (κ3) is 39.9. The third-order valence-corrected chi connectivity index (χ3v) is 10.2. The molecule has 0 aliphatic carbocycles. The smallest absolute Gasteiger partial charge is 0.462 e. The van der Waals surface area contributed by atoms with Crippen LogP contribution in [0.4, 0.5) is 0 Å². The van der Waals surface area contributed by atoms with E-state index >= 15 is 0 Å². The quantitative estimate of drug-likeness (QED) is 0.0125. The lowest BCUT2D eigenvalue weighted by atomic mass is 10.1. The van der Waals surface area contributed by atoms with E-state index in [1.165, 1.54) is 122 Å². The second kappa shape index (κ2) is 36.8. The van der Waals surface area contributed by atoms with Gasteiger partial charge in [0.2, 0.25) is 0 Å². The van der Waals surface area contributed by atoms with Gasteiger partial charge in [0.15, 0.2) is 6.10 Å². The van der Waals surface area contributed by atoms with Gasteiger partial charge < -0.3 is 18.9 Å². The first-order chi connectivity index (χ1) is 26.0. The monoisotopic (exact) mass is 785 g/mol. The van der Waals surface area contributed by atoms with Crippen LogP contribution in [0.5, 0.6) is 0 Å². The third-order valence-electron chi connectivity index (χ3n) is 9.25. The maximum absolute atomic E-state index is 12.6. The fourth-order valence-electron chi connectivity index (χ4n) is 5.80. The second-order valence-electron chi connectivity index (χ2n) is 15.8. The van der Waals surface area contributed by atoms with E-state index in [1.54, 1.807) is 6.08 Å². The number of ether oxygens (including phenoxy) is 2. The van der Waals surface area contributed by atoms with E-state index in [0.29, 0.717) is 17.4 Å². The second-order valence-corrected chi connectivity index (χ2v) is 17.3. The predicted molar refractivity (Wildman–Crippen MR) is 224 cm³/mol. The van der Waals surface area contributed by atoms with Crippen molar-refractivity contribution in [1.29, 1.82) is 0 Å². The largest absolute Gasteiger partial charge is 0.472 e. The van der Waals surface area contributed by atoms with Gasteiger partial charge in [-0.3, -0.25) is 13.8 Å². The van der Waals surface area contributed by atoms with Crippen LogP contribution in [0.25, 0.3) is 0 Å². The molecule has 0 radical (unpaired) electrons. The van der Waals surface area contributed by atoms with E-state index in [-0.39, 0.29) is 19.6 Å². The summed E-state index contributed by atoms with van der Waals surface area (Å²) in [7, 11) is 1.42. The van der Waals surface area contributed by atoms with Crippen molar-refractivity contribution in [3.63, 3.8) is 0 Å². The van der Waals surface area contributed by atoms with Crippen LogP contribution in [-0.4, -0.2) is 74.9 Å². The zero-order valence-corrected chi connectivity index (χ0v) is 36.3. The minimum atomic E-state index is -4.40. The average molecular weight is 785 g/mol. The van der Waals surface area contributed by atoms with Crippen LogP contribution in [0.3, 0.4) is 0 Å². The summed E-state index contributed by atoms with van der Waals surface area (Å²) in [5, 5.41) is 0. The van der Waals surface area contributed by atoms with Crippen LogP contribution in [-0.2, 0) is 32.7 Å². The number of carbonyl (C=O) groups excluding carboxylic acids is 2. The van der Waals surface area contributed by atoms with Crippen molar-refractivity contribution in [2.45, 2.75) is 187 Å². The van der Waals surface area contributed by atoms with Gasteiger partial charge in [0.1, 0.15) is 19.8 Å². The Labute approximate surface area is 331 Å². The number of phosphoric ester groups is 1. The van der Waals surface area contributed by atoms with E-state index in [1.807, 2.05) is 33.3 Å². The molecule has 0 fully saturated rings. The van der Waals surface area contributed by atoms with Crippen LogP contribution in [0.15, 0.2) is 36.5 Å². The molecule has 0 saturated carbocycles. The number of hydrogen-bond acceptors (Lipinski definition) is 7. The summed E-state index contributed by atoms with van der Waals surface area (Å²) in [6, 6.07) is 0. The summed E-state index contributed by atoms with van der Waals surface area (Å²) >= 11 is 0. The average Bonchev–Trinajstić information content (AvgIpc) is 3.12. The number of rotatable bonds is 39. The number of likely N-dealkylation sites (N-methyl/N-ethyl adjacent to an activating group) is 1. The number of nitrogens with zero attached hydrogens (tertiary/aromatic N) is 1. The Kier molecular flexibility index (Phi) is 35.6. The lowest BCUT2D eigenvalue weighted by molar-refractivity contribution is -0.870. The highest BCUT2D eigenvalue weighted by Gasteiger charge is 2.26. The van der Waals surface area contributed by atoms with Crippen LogP contribution >= 0.6 is 7.82 Å². The number of carbonyl (C=O) groups is 2. The highest BCUT2D eigenvalue weighted by molar-refractivity contribution is 7.47. The summed E-state index contributed by atoms with van der Waals surface area (Å²) < 4.78 is 34.0. The first kappa shape index (κ1) is 52.2. The standard InChI is InChI=1S/C44H82NO8P/c1-6-8-10-12-14-16-18-20-22-24-26-28-30-32-34-36-43(46)50-40-42(41-52-54(48,49)51-39-38-45(3,4)5)53-44(47)37-35-33-31-29-27-25-23-21-19-17-15-13-11-9-7-2/h24,26,31,33,35,37,42H,6-23,25,27-30,32,34,36,38-41H2,1-5H3/p+1/b26-24+,33-31+,37-35+/t42-/m1/s1. The molecule has 0 aliphatic heterocycles. The maximum atomic E-state index is 12.6. The Morgan fingerprint density at radius 2 is 1.07 bits per heavy atom. The molecule has 0 aliphatic rings. The predicted octanol–water partition coefficient (Wildman–Crippen LogP) is 12.1. The molecule has 0 heterocycles. The van der Waals surface area contributed by atoms with Crippen molar-refractivity contribution in [2.24, 2.45) is 0 Å². The molecule has 1 unspecified atom stereocenters. The lowest BCUT2D eigenvalue weighted by Gasteiger charge is -2.24. The molecule has 0 aromatic heterocycles. The van der Waals surface area contributed by atoms with Crippen LogP contribution in [0, 0.1) is 0 Å². The van der Waals surface area contributed by atoms with Gasteiger partial charge in [-0.15, -0.1) is 0 Å². The Hall–Kier alpha value is -1.77. The summed E-state index contributed by atoms with van der Waals surface area (Å²) in [6.07, 6.45) is 41.1. The van der Waals surface area contributed by atoms with E-state index in [2.05, 4.69) is 26.0 Å².